The molecular formula is C16H21N3O. The molecule has 20 heavy (non-hydrogen) atoms. The molecule has 1 fully saturated rings. The molecule has 2 aromatic rings. The van der Waals surface area contributed by atoms with Crippen molar-refractivity contribution in [2.75, 3.05) is 19.7 Å². The molecule has 0 atom stereocenters. The number of nitrogens with zero attached hydrogens (tertiary/aromatic N) is 2. The Morgan fingerprint density at radius 3 is 2.95 bits per heavy atom. The zero-order chi connectivity index (χ0) is 13.8. The van der Waals surface area contributed by atoms with Gasteiger partial charge in [0.05, 0.1) is 18.8 Å². The predicted molar refractivity (Wildman–Crippen MR) is 80.0 cm³/mol. The maximum Gasteiger partial charge on any atom is 0.119 e. The fourth-order valence-corrected chi connectivity index (χ4v) is 2.69. The Bertz CT molecular complexity index is 558. The van der Waals surface area contributed by atoms with E-state index in [1.807, 2.05) is 25.3 Å². The van der Waals surface area contributed by atoms with E-state index in [-0.39, 0.29) is 0 Å². The van der Waals surface area contributed by atoms with Crippen LogP contribution in [0.2, 0.25) is 0 Å². The van der Waals surface area contributed by atoms with Crippen LogP contribution in [0.3, 0.4) is 0 Å². The molecule has 1 saturated heterocycles. The van der Waals surface area contributed by atoms with Gasteiger partial charge >= 0.3 is 0 Å². The number of hydrogen-bond acceptors (Lipinski definition) is 3. The summed E-state index contributed by atoms with van der Waals surface area (Å²) in [5.41, 5.74) is 2.32. The first kappa shape index (κ1) is 13.2. The Labute approximate surface area is 119 Å². The highest BCUT2D eigenvalue weighted by Gasteiger charge is 2.16. The van der Waals surface area contributed by atoms with Gasteiger partial charge in [0.15, 0.2) is 0 Å². The van der Waals surface area contributed by atoms with Crippen LogP contribution in [0.25, 0.3) is 11.1 Å². The third-order valence-corrected chi connectivity index (χ3v) is 3.76. The number of rotatable bonds is 4. The van der Waals surface area contributed by atoms with E-state index in [1.54, 1.807) is 0 Å². The van der Waals surface area contributed by atoms with Crippen LogP contribution >= 0.6 is 0 Å². The van der Waals surface area contributed by atoms with Gasteiger partial charge in [-0.3, -0.25) is 4.68 Å². The van der Waals surface area contributed by atoms with Crippen LogP contribution in [-0.4, -0.2) is 29.5 Å². The second-order valence-electron chi connectivity index (χ2n) is 5.15. The quantitative estimate of drug-likeness (QED) is 0.929. The van der Waals surface area contributed by atoms with E-state index in [0.29, 0.717) is 12.6 Å². The fourth-order valence-electron chi connectivity index (χ4n) is 2.69. The molecule has 0 saturated carbocycles. The highest BCUT2D eigenvalue weighted by molar-refractivity contribution is 5.63. The van der Waals surface area contributed by atoms with Crippen molar-refractivity contribution in [2.24, 2.45) is 0 Å². The molecule has 1 aliphatic rings. The van der Waals surface area contributed by atoms with Gasteiger partial charge in [0.1, 0.15) is 5.75 Å². The Hall–Kier alpha value is -1.81. The predicted octanol–water partition coefficient (Wildman–Crippen LogP) is 2.87. The van der Waals surface area contributed by atoms with Gasteiger partial charge in [0, 0.05) is 11.8 Å². The molecule has 0 amide bonds. The number of aromatic nitrogens is 2. The average Bonchev–Trinajstić information content (AvgIpc) is 2.99. The molecular weight excluding hydrogens is 250 g/mol. The van der Waals surface area contributed by atoms with E-state index < -0.39 is 0 Å². The normalized spacial score (nSPS) is 16.2. The van der Waals surface area contributed by atoms with Crippen LogP contribution in [0, 0.1) is 0 Å². The molecule has 0 unspecified atom stereocenters. The Morgan fingerprint density at radius 1 is 1.30 bits per heavy atom. The second kappa shape index (κ2) is 6.09. The molecule has 4 heteroatoms. The molecule has 1 aliphatic heterocycles. The minimum absolute atomic E-state index is 0.528. The number of piperidine rings is 1. The van der Waals surface area contributed by atoms with E-state index in [4.69, 9.17) is 4.74 Å². The maximum atomic E-state index is 5.56. The van der Waals surface area contributed by atoms with E-state index in [9.17, 15) is 0 Å². The van der Waals surface area contributed by atoms with Crippen molar-refractivity contribution in [1.82, 2.24) is 15.1 Å². The van der Waals surface area contributed by atoms with Crippen molar-refractivity contribution in [3.63, 3.8) is 0 Å². The van der Waals surface area contributed by atoms with Crippen molar-refractivity contribution >= 4 is 0 Å². The summed E-state index contributed by atoms with van der Waals surface area (Å²) >= 11 is 0. The second-order valence-corrected chi connectivity index (χ2v) is 5.15. The van der Waals surface area contributed by atoms with Gasteiger partial charge in [-0.2, -0.15) is 5.10 Å². The first-order chi connectivity index (χ1) is 9.86. The van der Waals surface area contributed by atoms with Crippen LogP contribution in [0.15, 0.2) is 36.7 Å². The summed E-state index contributed by atoms with van der Waals surface area (Å²) in [7, 11) is 0. The summed E-state index contributed by atoms with van der Waals surface area (Å²) in [5, 5.41) is 7.93. The van der Waals surface area contributed by atoms with Crippen LogP contribution in [0.1, 0.15) is 25.8 Å². The molecule has 1 aromatic heterocycles. The molecule has 2 heterocycles. The Morgan fingerprint density at radius 2 is 2.15 bits per heavy atom. The summed E-state index contributed by atoms with van der Waals surface area (Å²) in [4.78, 5) is 0. The first-order valence-corrected chi connectivity index (χ1v) is 7.35. The van der Waals surface area contributed by atoms with E-state index in [0.717, 1.165) is 42.8 Å². The topological polar surface area (TPSA) is 39.1 Å². The third-order valence-electron chi connectivity index (χ3n) is 3.76. The SMILES string of the molecule is CCOc1cccc(-c2cnn(C3CCNCC3)c2)c1. The zero-order valence-corrected chi connectivity index (χ0v) is 11.9. The summed E-state index contributed by atoms with van der Waals surface area (Å²) in [6.45, 7) is 4.86. The van der Waals surface area contributed by atoms with E-state index in [2.05, 4.69) is 33.4 Å². The van der Waals surface area contributed by atoms with Crippen LogP contribution in [0.5, 0.6) is 5.75 Å². The minimum Gasteiger partial charge on any atom is -0.494 e. The van der Waals surface area contributed by atoms with Crippen molar-refractivity contribution in [1.29, 1.82) is 0 Å². The summed E-state index contributed by atoms with van der Waals surface area (Å²) in [5.74, 6) is 0.916. The molecule has 3 rings (SSSR count). The highest BCUT2D eigenvalue weighted by Crippen LogP contribution is 2.26. The van der Waals surface area contributed by atoms with Crippen molar-refractivity contribution < 1.29 is 4.74 Å². The summed E-state index contributed by atoms with van der Waals surface area (Å²) < 4.78 is 7.67. The number of hydrogen-bond donors (Lipinski definition) is 1. The monoisotopic (exact) mass is 271 g/mol. The molecule has 0 spiro atoms. The third kappa shape index (κ3) is 2.85. The van der Waals surface area contributed by atoms with Gasteiger partial charge in [0.25, 0.3) is 0 Å². The summed E-state index contributed by atoms with van der Waals surface area (Å²) in [6, 6.07) is 8.73. The largest absolute Gasteiger partial charge is 0.494 e. The van der Waals surface area contributed by atoms with Gasteiger partial charge < -0.3 is 10.1 Å². The standard InChI is InChI=1S/C16H21N3O/c1-2-20-16-5-3-4-13(10-16)14-11-18-19(12-14)15-6-8-17-9-7-15/h3-5,10-12,15,17H,2,6-9H2,1H3. The fraction of sp³-hybridized carbons (Fsp3) is 0.438. The first-order valence-electron chi connectivity index (χ1n) is 7.35. The van der Waals surface area contributed by atoms with Crippen molar-refractivity contribution in [2.45, 2.75) is 25.8 Å². The van der Waals surface area contributed by atoms with E-state index in [1.165, 1.54) is 0 Å². The lowest BCUT2D eigenvalue weighted by molar-refractivity contribution is 0.340. The number of ether oxygens (including phenoxy) is 1. The van der Waals surface area contributed by atoms with Gasteiger partial charge in [-0.15, -0.1) is 0 Å². The van der Waals surface area contributed by atoms with Gasteiger partial charge in [-0.1, -0.05) is 12.1 Å². The smallest absolute Gasteiger partial charge is 0.119 e. The van der Waals surface area contributed by atoms with Crippen LogP contribution < -0.4 is 10.1 Å². The zero-order valence-electron chi connectivity index (χ0n) is 11.9. The molecule has 0 bridgehead atoms. The van der Waals surface area contributed by atoms with Crippen molar-refractivity contribution in [3.8, 4) is 16.9 Å². The molecule has 0 aliphatic carbocycles. The minimum atomic E-state index is 0.528. The maximum absolute atomic E-state index is 5.56. The van der Waals surface area contributed by atoms with Gasteiger partial charge in [-0.25, -0.2) is 0 Å². The highest BCUT2D eigenvalue weighted by atomic mass is 16.5. The molecule has 106 valence electrons. The Kier molecular flexibility index (Phi) is 4.02. The lowest BCUT2D eigenvalue weighted by Crippen LogP contribution is -2.29. The van der Waals surface area contributed by atoms with Crippen LogP contribution in [0.4, 0.5) is 0 Å². The van der Waals surface area contributed by atoms with Crippen molar-refractivity contribution in [3.05, 3.63) is 36.7 Å². The Balaban J connectivity index is 1.80. The lowest BCUT2D eigenvalue weighted by atomic mass is 10.1. The molecule has 1 aromatic carbocycles. The lowest BCUT2D eigenvalue weighted by Gasteiger charge is -2.22. The van der Waals surface area contributed by atoms with E-state index >= 15 is 0 Å². The molecule has 0 radical (unpaired) electrons. The average molecular weight is 271 g/mol. The number of nitrogens with one attached hydrogen (secondary N) is 1. The van der Waals surface area contributed by atoms with Crippen LogP contribution in [-0.2, 0) is 0 Å². The summed E-state index contributed by atoms with van der Waals surface area (Å²) in [6.07, 6.45) is 6.41. The van der Waals surface area contributed by atoms with Gasteiger partial charge in [0.2, 0.25) is 0 Å². The number of benzene rings is 1. The molecule has 4 nitrogen and oxygen atoms in total. The van der Waals surface area contributed by atoms with Gasteiger partial charge in [-0.05, 0) is 50.6 Å². The molecule has 1 N–H and O–H groups in total.